The molecule has 0 spiro atoms. The van der Waals surface area contributed by atoms with Crippen LogP contribution in [0.15, 0.2) is 54.6 Å². The van der Waals surface area contributed by atoms with Gasteiger partial charge in [-0.05, 0) is 30.2 Å². The number of hydrogen-bond acceptors (Lipinski definition) is 4. The zero-order valence-corrected chi connectivity index (χ0v) is 15.5. The molecule has 0 radical (unpaired) electrons. The number of carbonyl (C=O) groups is 1. The van der Waals surface area contributed by atoms with Gasteiger partial charge in [-0.1, -0.05) is 42.5 Å². The lowest BCUT2D eigenvalue weighted by Crippen LogP contribution is -2.40. The van der Waals surface area contributed by atoms with Crippen LogP contribution in [0, 0.1) is 0 Å². The summed E-state index contributed by atoms with van der Waals surface area (Å²) in [7, 11) is 1.64. The van der Waals surface area contributed by atoms with Gasteiger partial charge in [-0.2, -0.15) is 0 Å². The van der Waals surface area contributed by atoms with Crippen molar-refractivity contribution >= 4 is 5.91 Å². The van der Waals surface area contributed by atoms with Crippen molar-refractivity contribution in [2.75, 3.05) is 13.7 Å². The molecule has 1 amide bonds. The first-order valence-corrected chi connectivity index (χ1v) is 9.03. The average molecular weight is 362 g/mol. The number of fused-ring (bicyclic) bond motifs is 1. The smallest absolute Gasteiger partial charge is 0.254 e. The Morgan fingerprint density at radius 3 is 2.67 bits per heavy atom. The van der Waals surface area contributed by atoms with Crippen molar-refractivity contribution < 1.29 is 9.53 Å². The molecule has 3 aromatic rings. The van der Waals surface area contributed by atoms with Crippen molar-refractivity contribution in [2.24, 2.45) is 0 Å². The van der Waals surface area contributed by atoms with E-state index in [2.05, 4.69) is 21.7 Å². The van der Waals surface area contributed by atoms with E-state index in [1.807, 2.05) is 59.5 Å². The molecule has 0 N–H and O–H groups in total. The van der Waals surface area contributed by atoms with E-state index in [1.165, 1.54) is 0 Å². The predicted molar refractivity (Wildman–Crippen MR) is 102 cm³/mol. The van der Waals surface area contributed by atoms with Gasteiger partial charge in [0.05, 0.1) is 12.6 Å². The Morgan fingerprint density at radius 2 is 1.89 bits per heavy atom. The van der Waals surface area contributed by atoms with Gasteiger partial charge in [0, 0.05) is 19.2 Å². The Kier molecular flexibility index (Phi) is 4.73. The molecule has 0 unspecified atom stereocenters. The summed E-state index contributed by atoms with van der Waals surface area (Å²) in [6, 6.07) is 18.0. The number of rotatable bonds is 4. The van der Waals surface area contributed by atoms with Gasteiger partial charge in [-0.3, -0.25) is 4.79 Å². The predicted octanol–water partition coefficient (Wildman–Crippen LogP) is 3.31. The summed E-state index contributed by atoms with van der Waals surface area (Å²) in [5.74, 6) is 1.62. The normalized spacial score (nSPS) is 16.2. The molecular weight excluding hydrogens is 340 g/mol. The highest BCUT2D eigenvalue weighted by atomic mass is 16.5. The van der Waals surface area contributed by atoms with Crippen LogP contribution in [0.4, 0.5) is 0 Å². The van der Waals surface area contributed by atoms with E-state index in [-0.39, 0.29) is 11.9 Å². The summed E-state index contributed by atoms with van der Waals surface area (Å²) in [6.45, 7) is 3.57. The SMILES string of the molecule is COCc1nnc2n1[C@@H](C)CN(C(=O)c1cccc(-c3ccccc3)c1)C2. The van der Waals surface area contributed by atoms with Gasteiger partial charge in [0.1, 0.15) is 6.61 Å². The highest BCUT2D eigenvalue weighted by molar-refractivity contribution is 5.95. The van der Waals surface area contributed by atoms with Gasteiger partial charge in [0.25, 0.3) is 5.91 Å². The van der Waals surface area contributed by atoms with Gasteiger partial charge in [-0.25, -0.2) is 0 Å². The molecule has 6 heteroatoms. The van der Waals surface area contributed by atoms with Crippen molar-refractivity contribution in [3.8, 4) is 11.1 Å². The average Bonchev–Trinajstić information content (AvgIpc) is 3.12. The minimum Gasteiger partial charge on any atom is -0.377 e. The second kappa shape index (κ2) is 7.32. The summed E-state index contributed by atoms with van der Waals surface area (Å²) < 4.78 is 7.27. The lowest BCUT2D eigenvalue weighted by atomic mass is 10.0. The van der Waals surface area contributed by atoms with Crippen LogP contribution in [0.3, 0.4) is 0 Å². The number of carbonyl (C=O) groups excluding carboxylic acids is 1. The number of aromatic nitrogens is 3. The number of amides is 1. The van der Waals surface area contributed by atoms with Crippen LogP contribution in [0.2, 0.25) is 0 Å². The van der Waals surface area contributed by atoms with Crippen molar-refractivity contribution in [1.29, 1.82) is 0 Å². The molecule has 0 fully saturated rings. The number of nitrogens with zero attached hydrogens (tertiary/aromatic N) is 4. The third kappa shape index (κ3) is 3.36. The third-order valence-electron chi connectivity index (χ3n) is 4.87. The van der Waals surface area contributed by atoms with E-state index in [9.17, 15) is 4.79 Å². The fourth-order valence-corrected chi connectivity index (χ4v) is 3.64. The minimum absolute atomic E-state index is 0.0159. The van der Waals surface area contributed by atoms with Crippen LogP contribution in [0.5, 0.6) is 0 Å². The summed E-state index contributed by atoms with van der Waals surface area (Å²) in [4.78, 5) is 15.0. The van der Waals surface area contributed by atoms with Gasteiger partial charge in [0.15, 0.2) is 11.6 Å². The van der Waals surface area contributed by atoms with E-state index in [1.54, 1.807) is 7.11 Å². The quantitative estimate of drug-likeness (QED) is 0.714. The molecule has 2 aromatic carbocycles. The molecule has 1 aromatic heterocycles. The Bertz CT molecular complexity index is 952. The largest absolute Gasteiger partial charge is 0.377 e. The van der Waals surface area contributed by atoms with Crippen LogP contribution >= 0.6 is 0 Å². The minimum atomic E-state index is 0.0159. The topological polar surface area (TPSA) is 60.3 Å². The van der Waals surface area contributed by atoms with E-state index in [0.29, 0.717) is 25.3 Å². The molecule has 4 rings (SSSR count). The van der Waals surface area contributed by atoms with Crippen molar-refractivity contribution in [2.45, 2.75) is 26.1 Å². The second-order valence-electron chi connectivity index (χ2n) is 6.82. The maximum absolute atomic E-state index is 13.1. The van der Waals surface area contributed by atoms with Crippen LogP contribution < -0.4 is 0 Å². The van der Waals surface area contributed by atoms with E-state index < -0.39 is 0 Å². The highest BCUT2D eigenvalue weighted by Crippen LogP contribution is 2.25. The first kappa shape index (κ1) is 17.4. The zero-order chi connectivity index (χ0) is 18.8. The summed E-state index contributed by atoms with van der Waals surface area (Å²) in [5, 5.41) is 8.46. The second-order valence-corrected chi connectivity index (χ2v) is 6.82. The molecule has 0 aliphatic carbocycles. The third-order valence-corrected chi connectivity index (χ3v) is 4.87. The molecule has 2 heterocycles. The van der Waals surface area contributed by atoms with E-state index in [4.69, 9.17) is 4.74 Å². The van der Waals surface area contributed by atoms with Crippen molar-refractivity contribution in [3.05, 3.63) is 71.8 Å². The Hall–Kier alpha value is -2.99. The summed E-state index contributed by atoms with van der Waals surface area (Å²) in [6.07, 6.45) is 0. The number of ether oxygens (including phenoxy) is 1. The van der Waals surface area contributed by atoms with Crippen LogP contribution in [0.25, 0.3) is 11.1 Å². The molecule has 1 atom stereocenters. The monoisotopic (exact) mass is 362 g/mol. The fraction of sp³-hybridized carbons (Fsp3) is 0.286. The molecule has 138 valence electrons. The fourth-order valence-electron chi connectivity index (χ4n) is 3.64. The van der Waals surface area contributed by atoms with Crippen LogP contribution in [-0.4, -0.2) is 39.2 Å². The maximum Gasteiger partial charge on any atom is 0.254 e. The summed E-state index contributed by atoms with van der Waals surface area (Å²) >= 11 is 0. The number of hydrogen-bond donors (Lipinski definition) is 0. The van der Waals surface area contributed by atoms with E-state index in [0.717, 1.165) is 22.8 Å². The first-order valence-electron chi connectivity index (χ1n) is 9.03. The van der Waals surface area contributed by atoms with Crippen molar-refractivity contribution in [1.82, 2.24) is 19.7 Å². The lowest BCUT2D eigenvalue weighted by Gasteiger charge is -2.32. The van der Waals surface area contributed by atoms with Crippen LogP contribution in [-0.2, 0) is 17.9 Å². The van der Waals surface area contributed by atoms with Crippen LogP contribution in [0.1, 0.15) is 35.0 Å². The number of methoxy groups -OCH3 is 1. The molecular formula is C21H22N4O2. The zero-order valence-electron chi connectivity index (χ0n) is 15.5. The molecule has 0 bridgehead atoms. The molecule has 1 aliphatic rings. The van der Waals surface area contributed by atoms with Gasteiger partial charge >= 0.3 is 0 Å². The molecule has 0 saturated heterocycles. The molecule has 6 nitrogen and oxygen atoms in total. The summed E-state index contributed by atoms with van der Waals surface area (Å²) in [5.41, 5.74) is 2.83. The molecule has 27 heavy (non-hydrogen) atoms. The number of benzene rings is 2. The first-order chi connectivity index (χ1) is 13.2. The molecule has 1 aliphatic heterocycles. The van der Waals surface area contributed by atoms with Gasteiger partial charge < -0.3 is 14.2 Å². The van der Waals surface area contributed by atoms with Gasteiger partial charge in [-0.15, -0.1) is 10.2 Å². The maximum atomic E-state index is 13.1. The van der Waals surface area contributed by atoms with E-state index >= 15 is 0 Å². The standard InChI is InChI=1S/C21H22N4O2/c1-15-12-24(13-19-22-23-20(14-27-2)25(15)19)21(26)18-10-6-9-17(11-18)16-7-4-3-5-8-16/h3-11,15H,12-14H2,1-2H3/t15-/m0/s1. The Labute approximate surface area is 158 Å². The Morgan fingerprint density at radius 1 is 1.11 bits per heavy atom. The van der Waals surface area contributed by atoms with Gasteiger partial charge in [0.2, 0.25) is 0 Å². The van der Waals surface area contributed by atoms with Crippen molar-refractivity contribution in [3.63, 3.8) is 0 Å². The molecule has 0 saturated carbocycles. The Balaban J connectivity index is 1.59. The lowest BCUT2D eigenvalue weighted by molar-refractivity contribution is 0.0675. The highest BCUT2D eigenvalue weighted by Gasteiger charge is 2.29.